The van der Waals surface area contributed by atoms with Gasteiger partial charge in [0.05, 0.1) is 6.26 Å². The number of carbonyl (C=O) groups is 1. The molecule has 1 aromatic heterocycles. The summed E-state index contributed by atoms with van der Waals surface area (Å²) >= 11 is 5.46. The maximum Gasteiger partial charge on any atom is 0.333 e. The van der Waals surface area contributed by atoms with Gasteiger partial charge in [-0.15, -0.1) is 23.5 Å². The first-order chi connectivity index (χ1) is 10.2. The van der Waals surface area contributed by atoms with E-state index in [0.29, 0.717) is 16.8 Å². The van der Waals surface area contributed by atoms with Crippen LogP contribution in [0.4, 0.5) is 0 Å². The predicted octanol–water partition coefficient (Wildman–Crippen LogP) is 4.84. The Bertz CT molecular complexity index is 508. The lowest BCUT2D eigenvalue weighted by atomic mass is 10.4. The van der Waals surface area contributed by atoms with E-state index in [1.165, 1.54) is 4.91 Å². The minimum Gasteiger partial charge on any atom is -0.467 e. The van der Waals surface area contributed by atoms with Crippen molar-refractivity contribution >= 4 is 41.3 Å². The molecule has 0 radical (unpaired) electrons. The van der Waals surface area contributed by atoms with Gasteiger partial charge in [0.2, 0.25) is 0 Å². The Morgan fingerprint density at radius 3 is 3.10 bits per heavy atom. The van der Waals surface area contributed by atoms with Gasteiger partial charge < -0.3 is 9.15 Å². The van der Waals surface area contributed by atoms with Gasteiger partial charge in [0, 0.05) is 11.3 Å². The van der Waals surface area contributed by atoms with Crippen molar-refractivity contribution in [2.24, 2.45) is 0 Å². The molecule has 2 rings (SSSR count). The molecule has 0 aliphatic carbocycles. The largest absolute Gasteiger partial charge is 0.467 e. The van der Waals surface area contributed by atoms with Gasteiger partial charge in [-0.05, 0) is 41.5 Å². The topological polar surface area (TPSA) is 39.4 Å². The Morgan fingerprint density at radius 2 is 2.38 bits per heavy atom. The van der Waals surface area contributed by atoms with Gasteiger partial charge in [0.25, 0.3) is 0 Å². The molecule has 2 heterocycles. The molecule has 0 fully saturated rings. The van der Waals surface area contributed by atoms with Crippen molar-refractivity contribution in [1.29, 1.82) is 0 Å². The first-order valence-electron chi connectivity index (χ1n) is 6.62. The van der Waals surface area contributed by atoms with E-state index in [2.05, 4.69) is 12.0 Å². The van der Waals surface area contributed by atoms with E-state index in [1.54, 1.807) is 36.7 Å². The van der Waals surface area contributed by atoms with Crippen molar-refractivity contribution in [3.63, 3.8) is 0 Å². The average molecular weight is 343 g/mol. The summed E-state index contributed by atoms with van der Waals surface area (Å²) in [5, 5.41) is 2.22. The molecule has 1 unspecified atom stereocenters. The van der Waals surface area contributed by atoms with Crippen molar-refractivity contribution in [3.8, 4) is 0 Å². The van der Waals surface area contributed by atoms with Crippen molar-refractivity contribution in [2.75, 3.05) is 18.1 Å². The minimum absolute atomic E-state index is 0.303. The van der Waals surface area contributed by atoms with Crippen LogP contribution in [0, 0.1) is 0 Å². The van der Waals surface area contributed by atoms with Gasteiger partial charge in [-0.1, -0.05) is 6.58 Å². The van der Waals surface area contributed by atoms with Crippen LogP contribution in [0.25, 0.3) is 0 Å². The Balaban J connectivity index is 1.54. The van der Waals surface area contributed by atoms with E-state index < -0.39 is 0 Å². The highest BCUT2D eigenvalue weighted by molar-refractivity contribution is 8.22. The van der Waals surface area contributed by atoms with Crippen molar-refractivity contribution in [3.05, 3.63) is 46.6 Å². The fourth-order valence-electron chi connectivity index (χ4n) is 1.59. The second kappa shape index (κ2) is 8.66. The number of allylic oxidation sites excluding steroid dienone is 1. The summed E-state index contributed by atoms with van der Waals surface area (Å²) in [6.07, 6.45) is 2.77. The van der Waals surface area contributed by atoms with Gasteiger partial charge in [-0.2, -0.15) is 11.8 Å². The third-order valence-electron chi connectivity index (χ3n) is 2.66. The second-order valence-electron chi connectivity index (χ2n) is 4.46. The smallest absolute Gasteiger partial charge is 0.333 e. The molecule has 0 amide bonds. The first kappa shape index (κ1) is 16.6. The maximum absolute atomic E-state index is 11.2. The molecule has 1 aliphatic heterocycles. The van der Waals surface area contributed by atoms with Crippen LogP contribution in [0.3, 0.4) is 0 Å². The van der Waals surface area contributed by atoms with Crippen molar-refractivity contribution in [1.82, 2.24) is 0 Å². The molecule has 1 aromatic rings. The number of ether oxygens (including phenoxy) is 1. The molecular weight excluding hydrogens is 324 g/mol. The Morgan fingerprint density at radius 1 is 1.52 bits per heavy atom. The zero-order valence-electron chi connectivity index (χ0n) is 11.9. The van der Waals surface area contributed by atoms with E-state index in [9.17, 15) is 4.79 Å². The van der Waals surface area contributed by atoms with Crippen LogP contribution in [0.1, 0.15) is 23.7 Å². The lowest BCUT2D eigenvalue weighted by Crippen LogP contribution is -2.07. The lowest BCUT2D eigenvalue weighted by molar-refractivity contribution is -0.138. The number of hydrogen-bond acceptors (Lipinski definition) is 6. The molecule has 6 heteroatoms. The van der Waals surface area contributed by atoms with E-state index >= 15 is 0 Å². The molecule has 1 aliphatic rings. The van der Waals surface area contributed by atoms with Gasteiger partial charge in [0.1, 0.15) is 16.9 Å². The van der Waals surface area contributed by atoms with E-state index in [-0.39, 0.29) is 5.97 Å². The van der Waals surface area contributed by atoms with Crippen LogP contribution >= 0.6 is 35.3 Å². The fraction of sp³-hybridized carbons (Fsp3) is 0.400. The Hall–Kier alpha value is -0.720. The van der Waals surface area contributed by atoms with Crippen LogP contribution < -0.4 is 0 Å². The van der Waals surface area contributed by atoms with Crippen LogP contribution in [0.15, 0.2) is 45.3 Å². The fourth-order valence-corrected chi connectivity index (χ4v) is 5.04. The standard InChI is InChI=1S/C15H18O3S3/c1-11(2)14(16)18-7-9-19-8-5-12-10-20-15(21-12)13-4-3-6-17-13/h3-4,6,10,15H,1,5,7-9H2,2H3. The van der Waals surface area contributed by atoms with Gasteiger partial charge in [-0.25, -0.2) is 4.79 Å². The summed E-state index contributed by atoms with van der Waals surface area (Å²) in [4.78, 5) is 12.6. The molecule has 1 atom stereocenters. The number of furan rings is 1. The lowest BCUT2D eigenvalue weighted by Gasteiger charge is -2.06. The summed E-state index contributed by atoms with van der Waals surface area (Å²) in [7, 11) is 0. The summed E-state index contributed by atoms with van der Waals surface area (Å²) in [5.41, 5.74) is 0.452. The summed E-state index contributed by atoms with van der Waals surface area (Å²) in [6.45, 7) is 5.66. The van der Waals surface area contributed by atoms with Crippen LogP contribution in [0.2, 0.25) is 0 Å². The zero-order valence-corrected chi connectivity index (χ0v) is 14.3. The average Bonchev–Trinajstić information content (AvgIpc) is 3.12. The normalized spacial score (nSPS) is 17.6. The van der Waals surface area contributed by atoms with Crippen LogP contribution in [0.5, 0.6) is 0 Å². The van der Waals surface area contributed by atoms with E-state index in [1.807, 2.05) is 23.9 Å². The molecule has 0 saturated heterocycles. The molecule has 0 N–H and O–H groups in total. The molecule has 114 valence electrons. The highest BCUT2D eigenvalue weighted by atomic mass is 32.2. The molecular formula is C15H18O3S3. The van der Waals surface area contributed by atoms with Gasteiger partial charge in [-0.3, -0.25) is 0 Å². The second-order valence-corrected chi connectivity index (χ2v) is 8.20. The summed E-state index contributed by atoms with van der Waals surface area (Å²) < 4.78 is 10.8. The van der Waals surface area contributed by atoms with Gasteiger partial charge in [0.15, 0.2) is 0 Å². The number of esters is 1. The van der Waals surface area contributed by atoms with E-state index in [0.717, 1.165) is 23.7 Å². The SMILES string of the molecule is C=C(C)C(=O)OCCSCCC1=CSC(c2ccco2)S1. The Kier molecular flexibility index (Phi) is 6.86. The predicted molar refractivity (Wildman–Crippen MR) is 92.4 cm³/mol. The van der Waals surface area contributed by atoms with Gasteiger partial charge >= 0.3 is 5.97 Å². The van der Waals surface area contributed by atoms with Crippen molar-refractivity contribution in [2.45, 2.75) is 17.9 Å². The third-order valence-corrected chi connectivity index (χ3v) is 6.35. The molecule has 3 nitrogen and oxygen atoms in total. The third kappa shape index (κ3) is 5.52. The number of rotatable bonds is 8. The quantitative estimate of drug-likeness (QED) is 0.382. The number of hydrogen-bond donors (Lipinski definition) is 0. The van der Waals surface area contributed by atoms with Crippen LogP contribution in [-0.2, 0) is 9.53 Å². The summed E-state index contributed by atoms with van der Waals surface area (Å²) in [5.74, 6) is 2.58. The summed E-state index contributed by atoms with van der Waals surface area (Å²) in [6, 6.07) is 3.95. The molecule has 0 saturated carbocycles. The minimum atomic E-state index is -0.303. The first-order valence-corrected chi connectivity index (χ1v) is 9.59. The molecule has 0 aromatic carbocycles. The highest BCUT2D eigenvalue weighted by Gasteiger charge is 2.22. The Labute approximate surface area is 137 Å². The van der Waals surface area contributed by atoms with Crippen molar-refractivity contribution < 1.29 is 13.9 Å². The number of thioether (sulfide) groups is 3. The highest BCUT2D eigenvalue weighted by Crippen LogP contribution is 2.51. The monoisotopic (exact) mass is 342 g/mol. The molecule has 0 bridgehead atoms. The maximum atomic E-state index is 11.2. The number of carbonyl (C=O) groups excluding carboxylic acids is 1. The molecule has 21 heavy (non-hydrogen) atoms. The van der Waals surface area contributed by atoms with Crippen LogP contribution in [-0.4, -0.2) is 24.1 Å². The van der Waals surface area contributed by atoms with E-state index in [4.69, 9.17) is 9.15 Å². The zero-order chi connectivity index (χ0) is 15.1. The molecule has 0 spiro atoms.